The third kappa shape index (κ3) is 3.68. The van der Waals surface area contributed by atoms with Crippen molar-refractivity contribution in [1.82, 2.24) is 10.3 Å². The van der Waals surface area contributed by atoms with Gasteiger partial charge in [0.1, 0.15) is 0 Å². The van der Waals surface area contributed by atoms with Crippen molar-refractivity contribution in [1.29, 1.82) is 0 Å². The second-order valence-electron chi connectivity index (χ2n) is 5.13. The molecule has 1 unspecified atom stereocenters. The Labute approximate surface area is 129 Å². The van der Waals surface area contributed by atoms with Gasteiger partial charge >= 0.3 is 0 Å². The third-order valence-electron chi connectivity index (χ3n) is 3.38. The standard InChI is InChI=1S/C17H21BrN2/c1-4-9-19-17(15-6-5-13(3)20-11-15)14-7-8-16(18)12(2)10-14/h5-8,10-11,17,19H,4,9H2,1-3H3. The first kappa shape index (κ1) is 15.2. The molecule has 3 heteroatoms. The van der Waals surface area contributed by atoms with Gasteiger partial charge in [-0.1, -0.05) is 41.1 Å². The summed E-state index contributed by atoms with van der Waals surface area (Å²) in [6.45, 7) is 7.32. The Morgan fingerprint density at radius 1 is 1.15 bits per heavy atom. The Bertz CT molecular complexity index is 564. The molecule has 1 heterocycles. The normalized spacial score (nSPS) is 12.4. The number of aryl methyl sites for hydroxylation is 2. The number of nitrogens with zero attached hydrogens (tertiary/aromatic N) is 1. The van der Waals surface area contributed by atoms with Crippen molar-refractivity contribution in [2.45, 2.75) is 33.2 Å². The summed E-state index contributed by atoms with van der Waals surface area (Å²) in [5.41, 5.74) is 4.80. The number of aromatic nitrogens is 1. The van der Waals surface area contributed by atoms with Gasteiger partial charge < -0.3 is 5.32 Å². The number of pyridine rings is 1. The zero-order chi connectivity index (χ0) is 14.5. The molecule has 2 aromatic rings. The van der Waals surface area contributed by atoms with Gasteiger partial charge in [0.05, 0.1) is 6.04 Å². The Kier molecular flexibility index (Phi) is 5.32. The number of benzene rings is 1. The summed E-state index contributed by atoms with van der Waals surface area (Å²) in [5, 5.41) is 3.61. The van der Waals surface area contributed by atoms with Crippen molar-refractivity contribution < 1.29 is 0 Å². The highest BCUT2D eigenvalue weighted by Crippen LogP contribution is 2.26. The van der Waals surface area contributed by atoms with Crippen molar-refractivity contribution >= 4 is 15.9 Å². The minimum atomic E-state index is 0.204. The Morgan fingerprint density at radius 3 is 2.50 bits per heavy atom. The second-order valence-corrected chi connectivity index (χ2v) is 5.98. The van der Waals surface area contributed by atoms with E-state index in [1.54, 1.807) is 0 Å². The van der Waals surface area contributed by atoms with Crippen LogP contribution in [0.15, 0.2) is 41.0 Å². The fourth-order valence-electron chi connectivity index (χ4n) is 2.21. The molecule has 106 valence electrons. The molecule has 0 aliphatic carbocycles. The van der Waals surface area contributed by atoms with E-state index in [1.165, 1.54) is 16.7 Å². The smallest absolute Gasteiger partial charge is 0.0592 e. The van der Waals surface area contributed by atoms with Crippen LogP contribution in [0.2, 0.25) is 0 Å². The number of nitrogens with one attached hydrogen (secondary N) is 1. The molecule has 0 aliphatic rings. The molecule has 0 spiro atoms. The van der Waals surface area contributed by atoms with Crippen molar-refractivity contribution in [3.05, 3.63) is 63.4 Å². The summed E-state index contributed by atoms with van der Waals surface area (Å²) < 4.78 is 1.15. The number of rotatable bonds is 5. The third-order valence-corrected chi connectivity index (χ3v) is 4.27. The summed E-state index contributed by atoms with van der Waals surface area (Å²) in [6, 6.07) is 11.0. The molecule has 2 nitrogen and oxygen atoms in total. The average Bonchev–Trinajstić information content (AvgIpc) is 2.45. The van der Waals surface area contributed by atoms with E-state index >= 15 is 0 Å². The van der Waals surface area contributed by atoms with E-state index in [0.29, 0.717) is 0 Å². The van der Waals surface area contributed by atoms with E-state index in [-0.39, 0.29) is 6.04 Å². The lowest BCUT2D eigenvalue weighted by atomic mass is 9.98. The lowest BCUT2D eigenvalue weighted by molar-refractivity contribution is 0.596. The van der Waals surface area contributed by atoms with E-state index < -0.39 is 0 Å². The van der Waals surface area contributed by atoms with Gasteiger partial charge in [-0.2, -0.15) is 0 Å². The Hall–Kier alpha value is -1.19. The minimum absolute atomic E-state index is 0.204. The van der Waals surface area contributed by atoms with Crippen LogP contribution in [-0.4, -0.2) is 11.5 Å². The molecule has 0 saturated carbocycles. The first-order chi connectivity index (χ1) is 9.61. The predicted molar refractivity (Wildman–Crippen MR) is 88.0 cm³/mol. The summed E-state index contributed by atoms with van der Waals surface area (Å²) in [7, 11) is 0. The molecule has 1 atom stereocenters. The highest BCUT2D eigenvalue weighted by atomic mass is 79.9. The van der Waals surface area contributed by atoms with Crippen LogP contribution in [0.1, 0.15) is 41.8 Å². The summed E-state index contributed by atoms with van der Waals surface area (Å²) >= 11 is 3.56. The van der Waals surface area contributed by atoms with Crippen LogP contribution in [0.4, 0.5) is 0 Å². The first-order valence-corrected chi connectivity index (χ1v) is 7.83. The van der Waals surface area contributed by atoms with Gasteiger partial charge in [-0.25, -0.2) is 0 Å². The molecular formula is C17H21BrN2. The number of hydrogen-bond acceptors (Lipinski definition) is 2. The molecule has 0 fully saturated rings. The lowest BCUT2D eigenvalue weighted by Gasteiger charge is -2.20. The first-order valence-electron chi connectivity index (χ1n) is 7.03. The highest BCUT2D eigenvalue weighted by Gasteiger charge is 2.14. The summed E-state index contributed by atoms with van der Waals surface area (Å²) in [6.07, 6.45) is 3.09. The van der Waals surface area contributed by atoms with Crippen molar-refractivity contribution in [3.63, 3.8) is 0 Å². The minimum Gasteiger partial charge on any atom is -0.306 e. The largest absolute Gasteiger partial charge is 0.306 e. The molecular weight excluding hydrogens is 312 g/mol. The van der Waals surface area contributed by atoms with Crippen LogP contribution in [0.3, 0.4) is 0 Å². The molecule has 2 rings (SSSR count). The van der Waals surface area contributed by atoms with Crippen LogP contribution in [0, 0.1) is 13.8 Å². The molecule has 1 aromatic carbocycles. The second kappa shape index (κ2) is 7.00. The van der Waals surface area contributed by atoms with Gasteiger partial charge in [-0.15, -0.1) is 0 Å². The Morgan fingerprint density at radius 2 is 1.90 bits per heavy atom. The topological polar surface area (TPSA) is 24.9 Å². The van der Waals surface area contributed by atoms with Crippen LogP contribution >= 0.6 is 15.9 Å². The maximum atomic E-state index is 4.42. The molecule has 0 amide bonds. The molecule has 0 saturated heterocycles. The number of halogens is 1. The van der Waals surface area contributed by atoms with Crippen molar-refractivity contribution in [3.8, 4) is 0 Å². The monoisotopic (exact) mass is 332 g/mol. The predicted octanol–water partition coefficient (Wildman–Crippen LogP) is 4.55. The van der Waals surface area contributed by atoms with Gasteiger partial charge in [0, 0.05) is 16.4 Å². The van der Waals surface area contributed by atoms with Gasteiger partial charge in [-0.05, 0) is 55.6 Å². The van der Waals surface area contributed by atoms with E-state index in [9.17, 15) is 0 Å². The van der Waals surface area contributed by atoms with Crippen molar-refractivity contribution in [2.75, 3.05) is 6.54 Å². The quantitative estimate of drug-likeness (QED) is 0.868. The zero-order valence-corrected chi connectivity index (χ0v) is 13.9. The van der Waals surface area contributed by atoms with Gasteiger partial charge in [0.2, 0.25) is 0 Å². The summed E-state index contributed by atoms with van der Waals surface area (Å²) in [4.78, 5) is 4.42. The van der Waals surface area contributed by atoms with Crippen LogP contribution in [0.5, 0.6) is 0 Å². The van der Waals surface area contributed by atoms with Crippen LogP contribution < -0.4 is 5.32 Å². The molecule has 0 radical (unpaired) electrons. The molecule has 0 bridgehead atoms. The lowest BCUT2D eigenvalue weighted by Crippen LogP contribution is -2.23. The van der Waals surface area contributed by atoms with E-state index in [1.807, 2.05) is 13.1 Å². The van der Waals surface area contributed by atoms with E-state index in [2.05, 4.69) is 70.4 Å². The SMILES string of the molecule is CCCNC(c1ccc(C)nc1)c1ccc(Br)c(C)c1. The molecule has 0 aliphatic heterocycles. The van der Waals surface area contributed by atoms with Gasteiger partial charge in [0.15, 0.2) is 0 Å². The molecule has 1 aromatic heterocycles. The van der Waals surface area contributed by atoms with Crippen LogP contribution in [-0.2, 0) is 0 Å². The maximum Gasteiger partial charge on any atom is 0.0592 e. The fraction of sp³-hybridized carbons (Fsp3) is 0.353. The van der Waals surface area contributed by atoms with Crippen LogP contribution in [0.25, 0.3) is 0 Å². The molecule has 1 N–H and O–H groups in total. The maximum absolute atomic E-state index is 4.42. The number of hydrogen-bond donors (Lipinski definition) is 1. The average molecular weight is 333 g/mol. The highest BCUT2D eigenvalue weighted by molar-refractivity contribution is 9.10. The van der Waals surface area contributed by atoms with Gasteiger partial charge in [-0.3, -0.25) is 4.98 Å². The molecule has 20 heavy (non-hydrogen) atoms. The van der Waals surface area contributed by atoms with E-state index in [4.69, 9.17) is 0 Å². The van der Waals surface area contributed by atoms with Crippen molar-refractivity contribution in [2.24, 2.45) is 0 Å². The fourth-order valence-corrected chi connectivity index (χ4v) is 2.46. The van der Waals surface area contributed by atoms with Gasteiger partial charge in [0.25, 0.3) is 0 Å². The Balaban J connectivity index is 2.35. The zero-order valence-electron chi connectivity index (χ0n) is 12.3. The summed E-state index contributed by atoms with van der Waals surface area (Å²) in [5.74, 6) is 0. The van der Waals surface area contributed by atoms with E-state index in [0.717, 1.165) is 23.1 Å².